The Morgan fingerprint density at radius 2 is 2.45 bits per heavy atom. The Kier molecular flexibility index (Phi) is 2.84. The molecule has 0 radical (unpaired) electrons. The van der Waals surface area contributed by atoms with Crippen LogP contribution in [-0.4, -0.2) is 30.3 Å². The lowest BCUT2D eigenvalue weighted by Gasteiger charge is -2.24. The van der Waals surface area contributed by atoms with Crippen molar-refractivity contribution in [3.8, 4) is 0 Å². The van der Waals surface area contributed by atoms with Crippen molar-refractivity contribution in [2.75, 3.05) is 13.2 Å². The monoisotopic (exact) mass is 159 g/mol. The molecule has 0 aliphatic carbocycles. The quantitative estimate of drug-likeness (QED) is 0.586. The molecular weight excluding hydrogens is 146 g/mol. The van der Waals surface area contributed by atoms with E-state index in [1.165, 1.54) is 0 Å². The molecule has 0 saturated carbocycles. The molecule has 0 unspecified atom stereocenters. The molecule has 11 heavy (non-hydrogen) atoms. The number of ether oxygens (including phenoxy) is 1. The number of aliphatic carboxylic acids is 1. The predicted molar refractivity (Wildman–Crippen MR) is 39.2 cm³/mol. The Hall–Kier alpha value is -0.610. The van der Waals surface area contributed by atoms with E-state index in [1.54, 1.807) is 0 Å². The highest BCUT2D eigenvalue weighted by Crippen LogP contribution is 2.15. The molecule has 4 heteroatoms. The van der Waals surface area contributed by atoms with E-state index in [9.17, 15) is 4.79 Å². The molecule has 1 fully saturated rings. The Bertz CT molecular complexity index is 143. The smallest absolute Gasteiger partial charge is 0.320 e. The zero-order valence-electron chi connectivity index (χ0n) is 6.32. The first-order valence-corrected chi connectivity index (χ1v) is 3.78. The van der Waals surface area contributed by atoms with Gasteiger partial charge < -0.3 is 15.6 Å². The van der Waals surface area contributed by atoms with Crippen LogP contribution in [0.3, 0.4) is 0 Å². The average Bonchev–Trinajstić information content (AvgIpc) is 2.05. The minimum Gasteiger partial charge on any atom is -0.480 e. The number of hydrogen-bond donors (Lipinski definition) is 2. The fourth-order valence-corrected chi connectivity index (χ4v) is 1.25. The summed E-state index contributed by atoms with van der Waals surface area (Å²) in [5.41, 5.74) is 5.41. The Morgan fingerprint density at radius 1 is 1.73 bits per heavy atom. The van der Waals surface area contributed by atoms with E-state index >= 15 is 0 Å². The van der Waals surface area contributed by atoms with Gasteiger partial charge in [-0.1, -0.05) is 0 Å². The maximum atomic E-state index is 10.4. The number of nitrogens with two attached hydrogens (primary N) is 1. The highest BCUT2D eigenvalue weighted by Gasteiger charge is 2.25. The third-order valence-electron chi connectivity index (χ3n) is 1.99. The van der Waals surface area contributed by atoms with E-state index in [0.29, 0.717) is 6.61 Å². The van der Waals surface area contributed by atoms with Crippen molar-refractivity contribution in [1.29, 1.82) is 0 Å². The van der Waals surface area contributed by atoms with Gasteiger partial charge in [0, 0.05) is 12.5 Å². The van der Waals surface area contributed by atoms with Gasteiger partial charge in [-0.25, -0.2) is 0 Å². The van der Waals surface area contributed by atoms with Gasteiger partial charge in [0.05, 0.1) is 6.61 Å². The summed E-state index contributed by atoms with van der Waals surface area (Å²) in [6, 6.07) is -0.754. The van der Waals surface area contributed by atoms with Crippen molar-refractivity contribution in [1.82, 2.24) is 0 Å². The van der Waals surface area contributed by atoms with Gasteiger partial charge in [-0.15, -0.1) is 0 Å². The second-order valence-corrected chi connectivity index (χ2v) is 2.84. The van der Waals surface area contributed by atoms with Crippen LogP contribution in [0.25, 0.3) is 0 Å². The van der Waals surface area contributed by atoms with Crippen LogP contribution in [-0.2, 0) is 9.53 Å². The van der Waals surface area contributed by atoms with E-state index in [4.69, 9.17) is 15.6 Å². The van der Waals surface area contributed by atoms with Crippen molar-refractivity contribution in [3.63, 3.8) is 0 Å². The molecule has 1 aliphatic rings. The van der Waals surface area contributed by atoms with Crippen molar-refractivity contribution in [3.05, 3.63) is 0 Å². The summed E-state index contributed by atoms with van der Waals surface area (Å²) < 4.78 is 5.11. The molecule has 0 aromatic rings. The van der Waals surface area contributed by atoms with Gasteiger partial charge >= 0.3 is 5.97 Å². The summed E-state index contributed by atoms with van der Waals surface area (Å²) in [7, 11) is 0. The fourth-order valence-electron chi connectivity index (χ4n) is 1.25. The fraction of sp³-hybridized carbons (Fsp3) is 0.857. The number of carboxylic acid groups (broad SMARTS) is 1. The predicted octanol–water partition coefficient (Wildman–Crippen LogP) is -0.175. The lowest BCUT2D eigenvalue weighted by molar-refractivity contribution is -0.141. The van der Waals surface area contributed by atoms with E-state index in [0.717, 1.165) is 19.4 Å². The lowest BCUT2D eigenvalue weighted by atomic mass is 9.95. The summed E-state index contributed by atoms with van der Waals surface area (Å²) >= 11 is 0. The van der Waals surface area contributed by atoms with Crippen LogP contribution in [0.5, 0.6) is 0 Å². The van der Waals surface area contributed by atoms with Crippen LogP contribution >= 0.6 is 0 Å². The van der Waals surface area contributed by atoms with E-state index in [-0.39, 0.29) is 5.92 Å². The standard InChI is InChI=1S/C7H13NO3/c8-6(7(9)10)5-2-1-3-11-4-5/h5-6H,1-4,8H2,(H,9,10)/t5-,6+/m1/s1. The zero-order chi connectivity index (χ0) is 8.27. The maximum Gasteiger partial charge on any atom is 0.320 e. The minimum atomic E-state index is -0.930. The SMILES string of the molecule is N[C@H](C(=O)O)[C@@H]1CCCOC1. The molecule has 1 aliphatic heterocycles. The lowest BCUT2D eigenvalue weighted by Crippen LogP contribution is -2.41. The molecule has 4 nitrogen and oxygen atoms in total. The Labute approximate surface area is 65.3 Å². The number of hydrogen-bond acceptors (Lipinski definition) is 3. The highest BCUT2D eigenvalue weighted by atomic mass is 16.5. The molecule has 1 saturated heterocycles. The summed E-state index contributed by atoms with van der Waals surface area (Å²) in [5.74, 6) is -0.929. The van der Waals surface area contributed by atoms with Gasteiger partial charge in [0.1, 0.15) is 6.04 Å². The first-order valence-electron chi connectivity index (χ1n) is 3.78. The molecule has 1 heterocycles. The van der Waals surface area contributed by atoms with E-state index in [1.807, 2.05) is 0 Å². The summed E-state index contributed by atoms with van der Waals surface area (Å²) in [6.07, 6.45) is 1.79. The van der Waals surface area contributed by atoms with Crippen LogP contribution in [0.2, 0.25) is 0 Å². The second kappa shape index (κ2) is 3.69. The van der Waals surface area contributed by atoms with E-state index in [2.05, 4.69) is 0 Å². The molecule has 3 N–H and O–H groups in total. The normalized spacial score (nSPS) is 27.9. The summed E-state index contributed by atoms with van der Waals surface area (Å²) in [5, 5.41) is 8.55. The van der Waals surface area contributed by atoms with Crippen molar-refractivity contribution in [2.24, 2.45) is 11.7 Å². The van der Waals surface area contributed by atoms with Crippen LogP contribution in [0.1, 0.15) is 12.8 Å². The van der Waals surface area contributed by atoms with Crippen LogP contribution < -0.4 is 5.73 Å². The van der Waals surface area contributed by atoms with Gasteiger partial charge in [0.15, 0.2) is 0 Å². The average molecular weight is 159 g/mol. The van der Waals surface area contributed by atoms with E-state index < -0.39 is 12.0 Å². The molecule has 0 aromatic heterocycles. The van der Waals surface area contributed by atoms with Gasteiger partial charge in [-0.05, 0) is 12.8 Å². The van der Waals surface area contributed by atoms with Gasteiger partial charge in [-0.3, -0.25) is 4.79 Å². The summed E-state index contributed by atoms with van der Waals surface area (Å²) in [4.78, 5) is 10.4. The maximum absolute atomic E-state index is 10.4. The van der Waals surface area contributed by atoms with Gasteiger partial charge in [-0.2, -0.15) is 0 Å². The molecule has 0 amide bonds. The third kappa shape index (κ3) is 2.17. The Morgan fingerprint density at radius 3 is 2.91 bits per heavy atom. The number of rotatable bonds is 2. The number of carboxylic acids is 1. The molecule has 0 aromatic carbocycles. The Balaban J connectivity index is 2.38. The van der Waals surface area contributed by atoms with Crippen molar-refractivity contribution >= 4 is 5.97 Å². The second-order valence-electron chi connectivity index (χ2n) is 2.84. The highest BCUT2D eigenvalue weighted by molar-refractivity contribution is 5.73. The molecule has 1 rings (SSSR count). The van der Waals surface area contributed by atoms with Crippen molar-refractivity contribution in [2.45, 2.75) is 18.9 Å². The third-order valence-corrected chi connectivity index (χ3v) is 1.99. The minimum absolute atomic E-state index is 0.00116. The molecular formula is C7H13NO3. The van der Waals surface area contributed by atoms with Crippen LogP contribution in [0, 0.1) is 5.92 Å². The van der Waals surface area contributed by atoms with Crippen LogP contribution in [0.15, 0.2) is 0 Å². The first kappa shape index (κ1) is 8.49. The van der Waals surface area contributed by atoms with Gasteiger partial charge in [0.2, 0.25) is 0 Å². The molecule has 64 valence electrons. The largest absolute Gasteiger partial charge is 0.480 e. The molecule has 0 spiro atoms. The van der Waals surface area contributed by atoms with Crippen LogP contribution in [0.4, 0.5) is 0 Å². The molecule has 2 atom stereocenters. The topological polar surface area (TPSA) is 72.6 Å². The first-order chi connectivity index (χ1) is 5.22. The van der Waals surface area contributed by atoms with Gasteiger partial charge in [0.25, 0.3) is 0 Å². The molecule has 0 bridgehead atoms. The zero-order valence-corrected chi connectivity index (χ0v) is 6.32. The summed E-state index contributed by atoms with van der Waals surface area (Å²) in [6.45, 7) is 1.23. The number of carbonyl (C=O) groups is 1. The van der Waals surface area contributed by atoms with Crippen molar-refractivity contribution < 1.29 is 14.6 Å².